The lowest BCUT2D eigenvalue weighted by molar-refractivity contribution is -0.121. The normalized spacial score (nSPS) is 13.9. The zero-order valence-electron chi connectivity index (χ0n) is 16.6. The number of aromatic nitrogens is 1. The third kappa shape index (κ3) is 5.24. The number of rotatable bonds is 7. The number of fused-ring (bicyclic) bond motifs is 1. The molecule has 0 radical (unpaired) electrons. The van der Waals surface area contributed by atoms with Crippen molar-refractivity contribution in [3.8, 4) is 0 Å². The first-order chi connectivity index (χ1) is 12.5. The van der Waals surface area contributed by atoms with Crippen LogP contribution in [0.3, 0.4) is 0 Å². The third-order valence-electron chi connectivity index (χ3n) is 3.83. The molecule has 0 unspecified atom stereocenters. The molecule has 1 aromatic heterocycles. The van der Waals surface area contributed by atoms with Crippen molar-refractivity contribution in [3.05, 3.63) is 18.2 Å². The first kappa shape index (κ1) is 21.7. The highest BCUT2D eigenvalue weighted by atomic mass is 32.2. The Hall–Kier alpha value is -1.58. The summed E-state index contributed by atoms with van der Waals surface area (Å²) >= 11 is 1.20. The number of nitrogens with one attached hydrogen (secondary N) is 1. The van der Waals surface area contributed by atoms with Crippen molar-refractivity contribution < 1.29 is 17.6 Å². The summed E-state index contributed by atoms with van der Waals surface area (Å²) in [5.74, 6) is -0.112. The van der Waals surface area contributed by atoms with Crippen molar-refractivity contribution >= 4 is 38.8 Å². The number of hydrogen-bond acceptors (Lipinski definition) is 6. The summed E-state index contributed by atoms with van der Waals surface area (Å²) in [4.78, 5) is 16.8. The molecule has 9 heteroatoms. The van der Waals surface area contributed by atoms with Gasteiger partial charge in [0.2, 0.25) is 15.9 Å². The van der Waals surface area contributed by atoms with Crippen molar-refractivity contribution in [2.45, 2.75) is 62.4 Å². The van der Waals surface area contributed by atoms with Crippen molar-refractivity contribution in [3.63, 3.8) is 0 Å². The van der Waals surface area contributed by atoms with E-state index in [2.05, 4.69) is 10.3 Å². The Balaban J connectivity index is 2.24. The van der Waals surface area contributed by atoms with Crippen LogP contribution < -0.4 is 5.32 Å². The van der Waals surface area contributed by atoms with Crippen LogP contribution in [-0.4, -0.2) is 47.5 Å². The van der Waals surface area contributed by atoms with E-state index in [0.717, 1.165) is 0 Å². The van der Waals surface area contributed by atoms with E-state index < -0.39 is 15.3 Å². The molecule has 0 bridgehead atoms. The molecule has 1 atom stereocenters. The standard InChI is InChI=1S/C18H27N3O4S2/c1-7-21(8-2)27(23,24)13-9-10-15-14(11-13)19-17(25-15)26-12(3)16(22)20-18(4,5)6/h9-12H,7-8H2,1-6H3,(H,20,22)/t12-/m1/s1. The number of hydrogen-bond donors (Lipinski definition) is 1. The van der Waals surface area contributed by atoms with Crippen LogP contribution >= 0.6 is 11.8 Å². The Morgan fingerprint density at radius 3 is 2.48 bits per heavy atom. The SMILES string of the molecule is CCN(CC)S(=O)(=O)c1ccc2oc(S[C@H](C)C(=O)NC(C)(C)C)nc2c1. The second-order valence-electron chi connectivity index (χ2n) is 7.20. The van der Waals surface area contributed by atoms with Gasteiger partial charge in [0.05, 0.1) is 10.1 Å². The predicted molar refractivity (Wildman–Crippen MR) is 107 cm³/mol. The van der Waals surface area contributed by atoms with E-state index in [0.29, 0.717) is 29.4 Å². The number of thioether (sulfide) groups is 1. The minimum atomic E-state index is -3.56. The molecule has 1 heterocycles. The fraction of sp³-hybridized carbons (Fsp3) is 0.556. The zero-order chi connectivity index (χ0) is 20.4. The number of benzene rings is 1. The quantitative estimate of drug-likeness (QED) is 0.701. The minimum absolute atomic E-state index is 0.112. The third-order valence-corrected chi connectivity index (χ3v) is 6.82. The molecule has 0 saturated carbocycles. The van der Waals surface area contributed by atoms with Crippen LogP contribution in [0.4, 0.5) is 0 Å². The van der Waals surface area contributed by atoms with Gasteiger partial charge in [-0.3, -0.25) is 4.79 Å². The number of carbonyl (C=O) groups is 1. The van der Waals surface area contributed by atoms with Gasteiger partial charge in [0.15, 0.2) is 5.58 Å². The largest absolute Gasteiger partial charge is 0.431 e. The van der Waals surface area contributed by atoms with Crippen LogP contribution in [0, 0.1) is 0 Å². The molecular formula is C18H27N3O4S2. The summed E-state index contributed by atoms with van der Waals surface area (Å²) in [6.07, 6.45) is 0. The summed E-state index contributed by atoms with van der Waals surface area (Å²) in [5.41, 5.74) is 0.620. The highest BCUT2D eigenvalue weighted by molar-refractivity contribution is 8.00. The first-order valence-electron chi connectivity index (χ1n) is 8.87. The lowest BCUT2D eigenvalue weighted by atomic mass is 10.1. The van der Waals surface area contributed by atoms with E-state index in [1.807, 2.05) is 20.8 Å². The van der Waals surface area contributed by atoms with E-state index in [9.17, 15) is 13.2 Å². The fourth-order valence-electron chi connectivity index (χ4n) is 2.49. The van der Waals surface area contributed by atoms with Crippen molar-refractivity contribution in [2.24, 2.45) is 0 Å². The molecule has 27 heavy (non-hydrogen) atoms. The molecule has 1 amide bonds. The zero-order valence-corrected chi connectivity index (χ0v) is 18.2. The van der Waals surface area contributed by atoms with Crippen LogP contribution in [0.1, 0.15) is 41.5 Å². The Bertz CT molecular complexity index is 912. The lowest BCUT2D eigenvalue weighted by Crippen LogP contribution is -2.44. The molecular weight excluding hydrogens is 386 g/mol. The minimum Gasteiger partial charge on any atom is -0.431 e. The molecule has 0 aliphatic carbocycles. The summed E-state index contributed by atoms with van der Waals surface area (Å²) in [5, 5.41) is 2.85. The highest BCUT2D eigenvalue weighted by Gasteiger charge is 2.24. The van der Waals surface area contributed by atoms with Gasteiger partial charge in [-0.05, 0) is 45.9 Å². The summed E-state index contributed by atoms with van der Waals surface area (Å²) in [6, 6.07) is 4.63. The number of sulfonamides is 1. The van der Waals surface area contributed by atoms with Gasteiger partial charge < -0.3 is 9.73 Å². The molecule has 0 saturated heterocycles. The van der Waals surface area contributed by atoms with Crippen molar-refractivity contribution in [2.75, 3.05) is 13.1 Å². The topological polar surface area (TPSA) is 92.5 Å². The van der Waals surface area contributed by atoms with Crippen molar-refractivity contribution in [1.29, 1.82) is 0 Å². The van der Waals surface area contributed by atoms with Gasteiger partial charge in [-0.1, -0.05) is 25.6 Å². The van der Waals surface area contributed by atoms with E-state index in [1.54, 1.807) is 26.8 Å². The van der Waals surface area contributed by atoms with Gasteiger partial charge in [0.25, 0.3) is 5.22 Å². The fourth-order valence-corrected chi connectivity index (χ4v) is 4.72. The summed E-state index contributed by atoms with van der Waals surface area (Å²) in [7, 11) is -3.56. The molecule has 0 spiro atoms. The van der Waals surface area contributed by atoms with Gasteiger partial charge in [0.1, 0.15) is 5.52 Å². The number of nitrogens with zero attached hydrogens (tertiary/aromatic N) is 2. The average molecular weight is 414 g/mol. The number of oxazole rings is 1. The Kier molecular flexibility index (Phi) is 6.59. The Labute approximate surface area is 164 Å². The summed E-state index contributed by atoms with van der Waals surface area (Å²) in [6.45, 7) is 11.9. The van der Waals surface area contributed by atoms with E-state index in [-0.39, 0.29) is 16.3 Å². The molecule has 1 N–H and O–H groups in total. The molecule has 150 valence electrons. The van der Waals surface area contributed by atoms with Crippen LogP contribution in [0.25, 0.3) is 11.1 Å². The predicted octanol–water partition coefficient (Wildman–Crippen LogP) is 3.25. The second-order valence-corrected chi connectivity index (χ2v) is 10.4. The molecule has 1 aromatic carbocycles. The molecule has 0 fully saturated rings. The number of carbonyl (C=O) groups excluding carboxylic acids is 1. The Morgan fingerprint density at radius 2 is 1.93 bits per heavy atom. The Morgan fingerprint density at radius 1 is 1.30 bits per heavy atom. The van der Waals surface area contributed by atoms with Gasteiger partial charge in [-0.15, -0.1) is 0 Å². The molecule has 0 aliphatic rings. The summed E-state index contributed by atoms with van der Waals surface area (Å²) < 4.78 is 32.4. The molecule has 0 aliphatic heterocycles. The van der Waals surface area contributed by atoms with E-state index >= 15 is 0 Å². The van der Waals surface area contributed by atoms with Crippen molar-refractivity contribution in [1.82, 2.24) is 14.6 Å². The smallest absolute Gasteiger partial charge is 0.257 e. The highest BCUT2D eigenvalue weighted by Crippen LogP contribution is 2.29. The average Bonchev–Trinajstić information content (AvgIpc) is 2.95. The molecule has 2 rings (SSSR count). The van der Waals surface area contributed by atoms with Gasteiger partial charge in [-0.2, -0.15) is 4.31 Å². The van der Waals surface area contributed by atoms with Gasteiger partial charge >= 0.3 is 0 Å². The maximum atomic E-state index is 12.7. The molecule has 2 aromatic rings. The van der Waals surface area contributed by atoms with Gasteiger partial charge in [-0.25, -0.2) is 13.4 Å². The monoisotopic (exact) mass is 413 g/mol. The molecule has 7 nitrogen and oxygen atoms in total. The van der Waals surface area contributed by atoms with Gasteiger partial charge in [0, 0.05) is 18.6 Å². The number of amides is 1. The van der Waals surface area contributed by atoms with E-state index in [1.165, 1.54) is 28.2 Å². The first-order valence-corrected chi connectivity index (χ1v) is 11.2. The van der Waals surface area contributed by atoms with Crippen LogP contribution in [0.15, 0.2) is 32.7 Å². The van der Waals surface area contributed by atoms with E-state index in [4.69, 9.17) is 4.42 Å². The maximum Gasteiger partial charge on any atom is 0.257 e. The van der Waals surface area contributed by atoms with Crippen LogP contribution in [0.2, 0.25) is 0 Å². The maximum absolute atomic E-state index is 12.7. The lowest BCUT2D eigenvalue weighted by Gasteiger charge is -2.22. The van der Waals surface area contributed by atoms with Crippen LogP contribution in [-0.2, 0) is 14.8 Å². The second kappa shape index (κ2) is 8.20. The van der Waals surface area contributed by atoms with Crippen LogP contribution in [0.5, 0.6) is 0 Å².